The van der Waals surface area contributed by atoms with Crippen molar-refractivity contribution < 1.29 is 4.39 Å². The molecule has 0 N–H and O–H groups in total. The second kappa shape index (κ2) is 5.79. The number of rotatable bonds is 4. The molecular weight excluding hydrogens is 390 g/mol. The van der Waals surface area contributed by atoms with E-state index in [0.717, 1.165) is 35.7 Å². The maximum atomic E-state index is 13.8. The van der Waals surface area contributed by atoms with E-state index in [1.807, 2.05) is 29.5 Å². The third-order valence-electron chi connectivity index (χ3n) is 4.16. The molecule has 1 aliphatic carbocycles. The molecule has 0 amide bonds. The molecule has 2 nitrogen and oxygen atoms in total. The molecule has 108 valence electrons. The SMILES string of the molecule is CC(Cl)c1nc2cc(I)c(F)cc2n1CCC1CCC1. The Morgan fingerprint density at radius 1 is 1.50 bits per heavy atom. The Labute approximate surface area is 136 Å². The van der Waals surface area contributed by atoms with Crippen molar-refractivity contribution in [3.63, 3.8) is 0 Å². The molecule has 1 unspecified atom stereocenters. The van der Waals surface area contributed by atoms with Crippen molar-refractivity contribution in [3.8, 4) is 0 Å². The number of halogens is 3. The number of fused-ring (bicyclic) bond motifs is 1. The average molecular weight is 407 g/mol. The summed E-state index contributed by atoms with van der Waals surface area (Å²) in [7, 11) is 0. The van der Waals surface area contributed by atoms with Gasteiger partial charge in [0.2, 0.25) is 0 Å². The van der Waals surface area contributed by atoms with Crippen LogP contribution in [0.4, 0.5) is 4.39 Å². The van der Waals surface area contributed by atoms with E-state index in [-0.39, 0.29) is 11.2 Å². The molecule has 0 saturated heterocycles. The van der Waals surface area contributed by atoms with Crippen LogP contribution < -0.4 is 0 Å². The molecule has 0 bridgehead atoms. The molecule has 0 radical (unpaired) electrons. The minimum atomic E-state index is -0.184. The summed E-state index contributed by atoms with van der Waals surface area (Å²) in [5.74, 6) is 1.48. The van der Waals surface area contributed by atoms with E-state index in [2.05, 4.69) is 9.55 Å². The van der Waals surface area contributed by atoms with Crippen molar-refractivity contribution in [1.82, 2.24) is 9.55 Å². The van der Waals surface area contributed by atoms with Gasteiger partial charge in [0.05, 0.1) is 20.0 Å². The molecule has 1 fully saturated rings. The summed E-state index contributed by atoms with van der Waals surface area (Å²) in [6.45, 7) is 2.80. The van der Waals surface area contributed by atoms with Crippen LogP contribution in [0.25, 0.3) is 11.0 Å². The molecule has 1 aromatic carbocycles. The van der Waals surface area contributed by atoms with E-state index in [0.29, 0.717) is 3.57 Å². The molecule has 1 saturated carbocycles. The van der Waals surface area contributed by atoms with Gasteiger partial charge in [-0.1, -0.05) is 19.3 Å². The van der Waals surface area contributed by atoms with Crippen LogP contribution >= 0.6 is 34.2 Å². The van der Waals surface area contributed by atoms with Gasteiger partial charge in [0.1, 0.15) is 11.6 Å². The fourth-order valence-corrected chi connectivity index (χ4v) is 3.39. The maximum absolute atomic E-state index is 13.8. The van der Waals surface area contributed by atoms with E-state index in [1.165, 1.54) is 19.3 Å². The fourth-order valence-electron chi connectivity index (χ4n) is 2.77. The molecule has 20 heavy (non-hydrogen) atoms. The number of imidazole rings is 1. The number of hydrogen-bond acceptors (Lipinski definition) is 1. The van der Waals surface area contributed by atoms with Crippen LogP contribution in [0.15, 0.2) is 12.1 Å². The molecule has 3 rings (SSSR count). The van der Waals surface area contributed by atoms with Crippen LogP contribution in [0, 0.1) is 15.3 Å². The summed E-state index contributed by atoms with van der Waals surface area (Å²) < 4.78 is 16.5. The molecule has 1 aliphatic rings. The lowest BCUT2D eigenvalue weighted by Gasteiger charge is -2.25. The van der Waals surface area contributed by atoms with Crippen molar-refractivity contribution in [2.75, 3.05) is 0 Å². The smallest absolute Gasteiger partial charge is 0.138 e. The molecule has 5 heteroatoms. The van der Waals surface area contributed by atoms with Crippen LogP contribution in [0.1, 0.15) is 43.8 Å². The van der Waals surface area contributed by atoms with Crippen LogP contribution in [0.3, 0.4) is 0 Å². The second-order valence-electron chi connectivity index (χ2n) is 5.58. The van der Waals surface area contributed by atoms with Gasteiger partial charge in [0.25, 0.3) is 0 Å². The van der Waals surface area contributed by atoms with Gasteiger partial charge < -0.3 is 4.57 Å². The molecular formula is C15H17ClFIN2. The number of nitrogens with zero attached hydrogens (tertiary/aromatic N) is 2. The van der Waals surface area contributed by atoms with E-state index in [1.54, 1.807) is 12.1 Å². The normalized spacial score (nSPS) is 17.4. The molecule has 0 aliphatic heterocycles. The Kier molecular flexibility index (Phi) is 4.22. The first-order chi connectivity index (χ1) is 9.56. The zero-order valence-electron chi connectivity index (χ0n) is 11.4. The number of benzene rings is 1. The topological polar surface area (TPSA) is 17.8 Å². The van der Waals surface area contributed by atoms with Gasteiger partial charge in [-0.15, -0.1) is 11.6 Å². The Morgan fingerprint density at radius 2 is 2.25 bits per heavy atom. The number of aryl methyl sites for hydroxylation is 1. The van der Waals surface area contributed by atoms with Crippen molar-refractivity contribution in [2.45, 2.75) is 44.5 Å². The monoisotopic (exact) mass is 406 g/mol. The van der Waals surface area contributed by atoms with Gasteiger partial charge in [-0.05, 0) is 47.9 Å². The summed E-state index contributed by atoms with van der Waals surface area (Å²) in [5.41, 5.74) is 1.71. The second-order valence-corrected chi connectivity index (χ2v) is 7.40. The minimum Gasteiger partial charge on any atom is -0.327 e. The largest absolute Gasteiger partial charge is 0.327 e. The zero-order valence-corrected chi connectivity index (χ0v) is 14.3. The lowest BCUT2D eigenvalue weighted by Crippen LogP contribution is -2.15. The van der Waals surface area contributed by atoms with Crippen molar-refractivity contribution in [2.24, 2.45) is 5.92 Å². The van der Waals surface area contributed by atoms with Crippen molar-refractivity contribution in [3.05, 3.63) is 27.3 Å². The van der Waals surface area contributed by atoms with Gasteiger partial charge in [0.15, 0.2) is 0 Å². The molecule has 1 aromatic heterocycles. The Balaban J connectivity index is 2.00. The molecule has 1 atom stereocenters. The number of hydrogen-bond donors (Lipinski definition) is 0. The highest BCUT2D eigenvalue weighted by Crippen LogP contribution is 2.32. The maximum Gasteiger partial charge on any atom is 0.138 e. The van der Waals surface area contributed by atoms with Crippen molar-refractivity contribution >= 4 is 45.2 Å². The van der Waals surface area contributed by atoms with Crippen molar-refractivity contribution in [1.29, 1.82) is 0 Å². The highest BCUT2D eigenvalue weighted by atomic mass is 127. The summed E-state index contributed by atoms with van der Waals surface area (Å²) >= 11 is 8.24. The van der Waals surface area contributed by atoms with Crippen LogP contribution in [-0.4, -0.2) is 9.55 Å². The Hall–Kier alpha value is -0.360. The van der Waals surface area contributed by atoms with Gasteiger partial charge in [0, 0.05) is 12.6 Å². The van der Waals surface area contributed by atoms with Crippen LogP contribution in [0.5, 0.6) is 0 Å². The van der Waals surface area contributed by atoms with Gasteiger partial charge in [-0.3, -0.25) is 0 Å². The predicted molar refractivity (Wildman–Crippen MR) is 88.6 cm³/mol. The quantitative estimate of drug-likeness (QED) is 0.499. The van der Waals surface area contributed by atoms with E-state index < -0.39 is 0 Å². The third kappa shape index (κ3) is 2.69. The van der Waals surface area contributed by atoms with Gasteiger partial charge >= 0.3 is 0 Å². The number of aromatic nitrogens is 2. The van der Waals surface area contributed by atoms with E-state index >= 15 is 0 Å². The standard InChI is InChI=1S/C15H17ClFIN2/c1-9(16)15-19-13-8-12(18)11(17)7-14(13)20(15)6-5-10-3-2-4-10/h7-10H,2-6H2,1H3. The molecule has 0 spiro atoms. The summed E-state index contributed by atoms with van der Waals surface area (Å²) in [6.07, 6.45) is 5.13. The molecule has 1 heterocycles. The third-order valence-corrected chi connectivity index (χ3v) is 5.18. The predicted octanol–water partition coefficient (Wildman–Crippen LogP) is 5.27. The first-order valence-corrected chi connectivity index (χ1v) is 8.57. The summed E-state index contributed by atoms with van der Waals surface area (Å²) in [6, 6.07) is 3.39. The highest BCUT2D eigenvalue weighted by molar-refractivity contribution is 14.1. The average Bonchev–Trinajstić information content (AvgIpc) is 2.67. The Bertz CT molecular complexity index is 634. The summed E-state index contributed by atoms with van der Waals surface area (Å²) in [4.78, 5) is 4.60. The van der Waals surface area contributed by atoms with Crippen LogP contribution in [0.2, 0.25) is 0 Å². The summed E-state index contributed by atoms with van der Waals surface area (Å²) in [5, 5.41) is -0.162. The highest BCUT2D eigenvalue weighted by Gasteiger charge is 2.20. The minimum absolute atomic E-state index is 0.162. The lowest BCUT2D eigenvalue weighted by atomic mass is 9.83. The molecule has 2 aromatic rings. The van der Waals surface area contributed by atoms with Crippen LogP contribution in [-0.2, 0) is 6.54 Å². The first-order valence-electron chi connectivity index (χ1n) is 7.05. The zero-order chi connectivity index (χ0) is 14.3. The van der Waals surface area contributed by atoms with Gasteiger partial charge in [-0.25, -0.2) is 9.37 Å². The van der Waals surface area contributed by atoms with E-state index in [4.69, 9.17) is 11.6 Å². The Morgan fingerprint density at radius 3 is 2.85 bits per heavy atom. The van der Waals surface area contributed by atoms with Gasteiger partial charge in [-0.2, -0.15) is 0 Å². The van der Waals surface area contributed by atoms with E-state index in [9.17, 15) is 4.39 Å². The first kappa shape index (κ1) is 14.6. The lowest BCUT2D eigenvalue weighted by molar-refractivity contribution is 0.282. The number of alkyl halides is 1. The fraction of sp³-hybridized carbons (Fsp3) is 0.533.